The Morgan fingerprint density at radius 2 is 1.77 bits per heavy atom. The fraction of sp³-hybridized carbons (Fsp3) is 0.381. The molecule has 0 aromatic heterocycles. The van der Waals surface area contributed by atoms with Crippen molar-refractivity contribution in [2.75, 3.05) is 14.2 Å². The SMILES string of the molecule is COc1cccc2c1CN(Cc1ccc3c(c1OC)CN(C(C)=O)C3)C2. The second-order valence-corrected chi connectivity index (χ2v) is 7.01. The third kappa shape index (κ3) is 2.82. The molecule has 0 bridgehead atoms. The monoisotopic (exact) mass is 352 g/mol. The highest BCUT2D eigenvalue weighted by Gasteiger charge is 2.28. The Kier molecular flexibility index (Phi) is 4.32. The summed E-state index contributed by atoms with van der Waals surface area (Å²) in [6.07, 6.45) is 0. The van der Waals surface area contributed by atoms with Crippen LogP contribution in [0.3, 0.4) is 0 Å². The smallest absolute Gasteiger partial charge is 0.220 e. The van der Waals surface area contributed by atoms with E-state index in [1.54, 1.807) is 21.1 Å². The molecule has 0 N–H and O–H groups in total. The molecule has 0 aliphatic carbocycles. The van der Waals surface area contributed by atoms with Crippen LogP contribution in [-0.2, 0) is 37.5 Å². The first-order valence-electron chi connectivity index (χ1n) is 8.91. The van der Waals surface area contributed by atoms with Crippen LogP contribution in [0.25, 0.3) is 0 Å². The molecule has 2 heterocycles. The van der Waals surface area contributed by atoms with Gasteiger partial charge in [0.2, 0.25) is 5.91 Å². The standard InChI is InChI=1S/C21H24N2O3/c1-14(24)23-11-16-7-8-17(21(26-3)19(16)13-23)10-22-9-15-5-4-6-20(25-2)18(15)12-22/h4-8H,9-13H2,1-3H3. The molecule has 0 atom stereocenters. The average Bonchev–Trinajstić information content (AvgIpc) is 3.24. The van der Waals surface area contributed by atoms with Gasteiger partial charge in [0.15, 0.2) is 0 Å². The van der Waals surface area contributed by atoms with Gasteiger partial charge in [0.25, 0.3) is 0 Å². The lowest BCUT2D eigenvalue weighted by Gasteiger charge is -2.19. The zero-order chi connectivity index (χ0) is 18.3. The van der Waals surface area contributed by atoms with E-state index in [4.69, 9.17) is 9.47 Å². The molecule has 26 heavy (non-hydrogen) atoms. The third-order valence-corrected chi connectivity index (χ3v) is 5.42. The molecular weight excluding hydrogens is 328 g/mol. The normalized spacial score (nSPS) is 15.7. The Balaban J connectivity index is 1.57. The number of hydrogen-bond acceptors (Lipinski definition) is 4. The molecule has 2 aromatic carbocycles. The predicted octanol–water partition coefficient (Wildman–Crippen LogP) is 3.08. The van der Waals surface area contributed by atoms with Crippen LogP contribution >= 0.6 is 0 Å². The summed E-state index contributed by atoms with van der Waals surface area (Å²) in [7, 11) is 3.44. The molecule has 0 unspecified atom stereocenters. The zero-order valence-electron chi connectivity index (χ0n) is 15.5. The van der Waals surface area contributed by atoms with Gasteiger partial charge in [-0.2, -0.15) is 0 Å². The number of hydrogen-bond donors (Lipinski definition) is 0. The predicted molar refractivity (Wildman–Crippen MR) is 98.9 cm³/mol. The summed E-state index contributed by atoms with van der Waals surface area (Å²) in [6.45, 7) is 5.53. The van der Waals surface area contributed by atoms with E-state index in [0.29, 0.717) is 13.1 Å². The highest BCUT2D eigenvalue weighted by molar-refractivity contribution is 5.74. The van der Waals surface area contributed by atoms with Gasteiger partial charge in [-0.05, 0) is 17.2 Å². The highest BCUT2D eigenvalue weighted by atomic mass is 16.5. The Hall–Kier alpha value is -2.53. The van der Waals surface area contributed by atoms with Crippen molar-refractivity contribution < 1.29 is 14.3 Å². The number of rotatable bonds is 4. The number of amides is 1. The van der Waals surface area contributed by atoms with Crippen LogP contribution in [0.5, 0.6) is 11.5 Å². The topological polar surface area (TPSA) is 42.0 Å². The number of ether oxygens (including phenoxy) is 2. The summed E-state index contributed by atoms with van der Waals surface area (Å²) >= 11 is 0. The van der Waals surface area contributed by atoms with Gasteiger partial charge in [-0.25, -0.2) is 0 Å². The fourth-order valence-electron chi connectivity index (χ4n) is 4.10. The summed E-state index contributed by atoms with van der Waals surface area (Å²) < 4.78 is 11.3. The molecule has 0 spiro atoms. The molecule has 2 aromatic rings. The van der Waals surface area contributed by atoms with Crippen molar-refractivity contribution in [2.24, 2.45) is 0 Å². The molecule has 2 aliphatic heterocycles. The van der Waals surface area contributed by atoms with Crippen LogP contribution in [0.4, 0.5) is 0 Å². The lowest BCUT2D eigenvalue weighted by molar-refractivity contribution is -0.129. The fourth-order valence-corrected chi connectivity index (χ4v) is 4.10. The zero-order valence-corrected chi connectivity index (χ0v) is 15.5. The van der Waals surface area contributed by atoms with Crippen LogP contribution in [-0.4, -0.2) is 29.9 Å². The quantitative estimate of drug-likeness (QED) is 0.848. The average molecular weight is 352 g/mol. The van der Waals surface area contributed by atoms with Crippen molar-refractivity contribution in [1.82, 2.24) is 9.80 Å². The molecule has 5 nitrogen and oxygen atoms in total. The molecule has 0 radical (unpaired) electrons. The molecular formula is C21H24N2O3. The Morgan fingerprint density at radius 1 is 0.962 bits per heavy atom. The van der Waals surface area contributed by atoms with Crippen LogP contribution < -0.4 is 9.47 Å². The van der Waals surface area contributed by atoms with Crippen molar-refractivity contribution in [2.45, 2.75) is 39.6 Å². The maximum atomic E-state index is 11.7. The minimum Gasteiger partial charge on any atom is -0.496 e. The molecule has 0 fully saturated rings. The highest BCUT2D eigenvalue weighted by Crippen LogP contribution is 2.37. The molecule has 4 rings (SSSR count). The molecule has 136 valence electrons. The van der Waals surface area contributed by atoms with E-state index in [2.05, 4.69) is 23.1 Å². The lowest BCUT2D eigenvalue weighted by atomic mass is 10.0. The first-order chi connectivity index (χ1) is 12.6. The van der Waals surface area contributed by atoms with Gasteiger partial charge in [-0.3, -0.25) is 9.69 Å². The summed E-state index contributed by atoms with van der Waals surface area (Å²) in [5.41, 5.74) is 6.11. The van der Waals surface area contributed by atoms with Crippen molar-refractivity contribution in [3.8, 4) is 11.5 Å². The van der Waals surface area contributed by atoms with Gasteiger partial charge in [-0.1, -0.05) is 24.3 Å². The van der Waals surface area contributed by atoms with Gasteiger partial charge in [0.05, 0.1) is 14.2 Å². The van der Waals surface area contributed by atoms with E-state index >= 15 is 0 Å². The number of carbonyl (C=O) groups is 1. The summed E-state index contributed by atoms with van der Waals surface area (Å²) in [5, 5.41) is 0. The van der Waals surface area contributed by atoms with Crippen molar-refractivity contribution in [3.05, 3.63) is 58.1 Å². The maximum absolute atomic E-state index is 11.7. The van der Waals surface area contributed by atoms with Crippen LogP contribution in [0.1, 0.15) is 34.7 Å². The summed E-state index contributed by atoms with van der Waals surface area (Å²) in [4.78, 5) is 16.0. The van der Waals surface area contributed by atoms with Gasteiger partial charge in [-0.15, -0.1) is 0 Å². The first-order valence-corrected chi connectivity index (χ1v) is 8.91. The van der Waals surface area contributed by atoms with Crippen LogP contribution in [0.15, 0.2) is 30.3 Å². The van der Waals surface area contributed by atoms with Crippen LogP contribution in [0.2, 0.25) is 0 Å². The van der Waals surface area contributed by atoms with Gasteiger partial charge < -0.3 is 14.4 Å². The molecule has 5 heteroatoms. The number of fused-ring (bicyclic) bond motifs is 2. The van der Waals surface area contributed by atoms with Gasteiger partial charge >= 0.3 is 0 Å². The Bertz CT molecular complexity index is 863. The van der Waals surface area contributed by atoms with Crippen molar-refractivity contribution in [3.63, 3.8) is 0 Å². The minimum atomic E-state index is 0.104. The Labute approximate surface area is 154 Å². The summed E-state index contributed by atoms with van der Waals surface area (Å²) in [6, 6.07) is 10.5. The van der Waals surface area contributed by atoms with E-state index in [1.165, 1.54) is 22.3 Å². The largest absolute Gasteiger partial charge is 0.496 e. The number of benzene rings is 2. The maximum Gasteiger partial charge on any atom is 0.220 e. The van der Waals surface area contributed by atoms with E-state index < -0.39 is 0 Å². The Morgan fingerprint density at radius 3 is 2.50 bits per heavy atom. The van der Waals surface area contributed by atoms with Gasteiger partial charge in [0.1, 0.15) is 11.5 Å². The van der Waals surface area contributed by atoms with E-state index in [0.717, 1.165) is 36.7 Å². The van der Waals surface area contributed by atoms with Gasteiger partial charge in [0, 0.05) is 56.3 Å². The number of carbonyl (C=O) groups excluding carboxylic acids is 1. The molecule has 2 aliphatic rings. The van der Waals surface area contributed by atoms with Crippen LogP contribution in [0, 0.1) is 0 Å². The lowest BCUT2D eigenvalue weighted by Crippen LogP contribution is -2.21. The number of methoxy groups -OCH3 is 2. The molecule has 0 saturated carbocycles. The van der Waals surface area contributed by atoms with Crippen molar-refractivity contribution in [1.29, 1.82) is 0 Å². The third-order valence-electron chi connectivity index (χ3n) is 5.42. The molecule has 1 amide bonds. The van der Waals surface area contributed by atoms with E-state index in [9.17, 15) is 4.79 Å². The summed E-state index contributed by atoms with van der Waals surface area (Å²) in [5.74, 6) is 1.99. The second kappa shape index (κ2) is 6.65. The molecule has 0 saturated heterocycles. The minimum absolute atomic E-state index is 0.104. The van der Waals surface area contributed by atoms with E-state index in [1.807, 2.05) is 17.0 Å². The number of nitrogens with zero attached hydrogens (tertiary/aromatic N) is 2. The van der Waals surface area contributed by atoms with E-state index in [-0.39, 0.29) is 5.91 Å². The van der Waals surface area contributed by atoms with Crippen molar-refractivity contribution >= 4 is 5.91 Å². The second-order valence-electron chi connectivity index (χ2n) is 7.01. The first kappa shape index (κ1) is 16.9.